The van der Waals surface area contributed by atoms with Crippen molar-refractivity contribution in [1.82, 2.24) is 5.32 Å². The summed E-state index contributed by atoms with van der Waals surface area (Å²) in [6.45, 7) is 2.09. The normalized spacial score (nSPS) is 15.3. The highest BCUT2D eigenvalue weighted by Crippen LogP contribution is 2.38. The molecule has 4 rings (SSSR count). The summed E-state index contributed by atoms with van der Waals surface area (Å²) in [5.74, 6) is 0.380. The molecule has 10 heteroatoms. The first kappa shape index (κ1) is 24.2. The Morgan fingerprint density at radius 3 is 2.62 bits per heavy atom. The van der Waals surface area contributed by atoms with Crippen molar-refractivity contribution >= 4 is 44.8 Å². The van der Waals surface area contributed by atoms with E-state index in [0.29, 0.717) is 15.8 Å². The van der Waals surface area contributed by atoms with Crippen LogP contribution in [0, 0.1) is 6.92 Å². The second-order valence-corrected chi connectivity index (χ2v) is 10.3. The lowest BCUT2D eigenvalue weighted by Gasteiger charge is -2.34. The molecule has 0 aliphatic carbocycles. The first-order valence-electron chi connectivity index (χ1n) is 10.5. The van der Waals surface area contributed by atoms with Crippen molar-refractivity contribution < 1.29 is 22.7 Å². The van der Waals surface area contributed by atoms with E-state index >= 15 is 0 Å². The van der Waals surface area contributed by atoms with E-state index in [1.165, 1.54) is 18.2 Å². The molecular weight excluding hydrogens is 499 g/mol. The molecule has 0 radical (unpaired) electrons. The number of halogens is 2. The van der Waals surface area contributed by atoms with E-state index in [1.807, 2.05) is 13.0 Å². The van der Waals surface area contributed by atoms with Gasteiger partial charge >= 0.3 is 0 Å². The van der Waals surface area contributed by atoms with E-state index in [9.17, 15) is 13.2 Å². The second kappa shape index (κ2) is 10.1. The molecule has 1 unspecified atom stereocenters. The van der Waals surface area contributed by atoms with Crippen molar-refractivity contribution in [2.24, 2.45) is 0 Å². The van der Waals surface area contributed by atoms with Crippen LogP contribution in [0.1, 0.15) is 5.56 Å². The van der Waals surface area contributed by atoms with E-state index in [-0.39, 0.29) is 36.0 Å². The molecule has 0 aromatic heterocycles. The van der Waals surface area contributed by atoms with Crippen molar-refractivity contribution in [2.45, 2.75) is 17.9 Å². The predicted molar refractivity (Wildman–Crippen MR) is 132 cm³/mol. The number of anilines is 1. The van der Waals surface area contributed by atoms with Gasteiger partial charge in [-0.05, 0) is 55.0 Å². The average molecular weight is 521 g/mol. The van der Waals surface area contributed by atoms with Gasteiger partial charge in [0.25, 0.3) is 15.9 Å². The largest absolute Gasteiger partial charge is 0.492 e. The van der Waals surface area contributed by atoms with Gasteiger partial charge in [-0.3, -0.25) is 9.10 Å². The number of aryl methyl sites for hydroxylation is 1. The Labute approximate surface area is 208 Å². The molecule has 0 spiro atoms. The van der Waals surface area contributed by atoms with Crippen LogP contribution in [0.25, 0.3) is 0 Å². The van der Waals surface area contributed by atoms with Crippen LogP contribution in [0.3, 0.4) is 0 Å². The maximum Gasteiger partial charge on any atom is 0.264 e. The number of ether oxygens (including phenoxy) is 2. The lowest BCUT2D eigenvalue weighted by atomic mass is 10.2. The molecule has 7 nitrogen and oxygen atoms in total. The molecule has 34 heavy (non-hydrogen) atoms. The lowest BCUT2D eigenvalue weighted by Crippen LogP contribution is -2.51. The summed E-state index contributed by atoms with van der Waals surface area (Å²) in [6, 6.07) is 18.0. The molecule has 1 atom stereocenters. The van der Waals surface area contributed by atoms with E-state index < -0.39 is 22.0 Å². The lowest BCUT2D eigenvalue weighted by molar-refractivity contribution is -0.127. The van der Waals surface area contributed by atoms with Gasteiger partial charge in [0.1, 0.15) is 18.1 Å². The Hall–Kier alpha value is -2.94. The standard InChI is InChI=1S/C24H22Cl2N2O5S/c1-16-7-9-18(14-20(16)26)32-12-11-27-24(29)23-15-28(21-13-17(25)8-10-22(21)33-23)34(30,31)19-5-3-2-4-6-19/h2-10,13-14,23H,11-12,15H2,1H3,(H,27,29). The van der Waals surface area contributed by atoms with Gasteiger partial charge < -0.3 is 14.8 Å². The van der Waals surface area contributed by atoms with Crippen LogP contribution >= 0.6 is 23.2 Å². The van der Waals surface area contributed by atoms with Crippen molar-refractivity contribution in [1.29, 1.82) is 0 Å². The summed E-state index contributed by atoms with van der Waals surface area (Å²) in [4.78, 5) is 12.9. The minimum Gasteiger partial charge on any atom is -0.492 e. The van der Waals surface area contributed by atoms with Gasteiger partial charge in [-0.2, -0.15) is 0 Å². The molecule has 1 N–H and O–H groups in total. The monoisotopic (exact) mass is 520 g/mol. The second-order valence-electron chi connectivity index (χ2n) is 7.62. The van der Waals surface area contributed by atoms with Crippen LogP contribution in [0.2, 0.25) is 10.0 Å². The van der Waals surface area contributed by atoms with E-state index in [1.54, 1.807) is 42.5 Å². The molecule has 1 amide bonds. The van der Waals surface area contributed by atoms with E-state index in [0.717, 1.165) is 9.87 Å². The summed E-state index contributed by atoms with van der Waals surface area (Å²) in [6.07, 6.45) is -1.05. The van der Waals surface area contributed by atoms with Gasteiger partial charge in [0.2, 0.25) is 0 Å². The van der Waals surface area contributed by atoms with E-state index in [2.05, 4.69) is 5.32 Å². The molecule has 3 aromatic rings. The number of fused-ring (bicyclic) bond motifs is 1. The number of benzene rings is 3. The van der Waals surface area contributed by atoms with E-state index in [4.69, 9.17) is 32.7 Å². The number of carbonyl (C=O) groups excluding carboxylic acids is 1. The fourth-order valence-corrected chi connectivity index (χ4v) is 5.25. The SMILES string of the molecule is Cc1ccc(OCCNC(=O)C2CN(S(=O)(=O)c3ccccc3)c3cc(Cl)ccc3O2)cc1Cl. The van der Waals surface area contributed by atoms with Crippen molar-refractivity contribution in [3.8, 4) is 11.5 Å². The maximum atomic E-state index is 13.4. The van der Waals surface area contributed by atoms with Crippen LogP contribution in [-0.4, -0.2) is 40.1 Å². The highest BCUT2D eigenvalue weighted by Gasteiger charge is 2.37. The Morgan fingerprint density at radius 2 is 1.88 bits per heavy atom. The number of sulfonamides is 1. The van der Waals surface area contributed by atoms with Crippen molar-refractivity contribution in [3.05, 3.63) is 82.3 Å². The zero-order chi connectivity index (χ0) is 24.3. The first-order valence-corrected chi connectivity index (χ1v) is 12.7. The predicted octanol–water partition coefficient (Wildman–Crippen LogP) is 4.45. The van der Waals surface area contributed by atoms with Gasteiger partial charge in [0.15, 0.2) is 6.10 Å². The summed E-state index contributed by atoms with van der Waals surface area (Å²) in [5.41, 5.74) is 1.22. The van der Waals surface area contributed by atoms with Crippen LogP contribution in [-0.2, 0) is 14.8 Å². The molecule has 0 saturated heterocycles. The number of amides is 1. The topological polar surface area (TPSA) is 84.9 Å². The molecule has 3 aromatic carbocycles. The summed E-state index contributed by atoms with van der Waals surface area (Å²) >= 11 is 12.2. The van der Waals surface area contributed by atoms with Gasteiger partial charge in [-0.15, -0.1) is 0 Å². The van der Waals surface area contributed by atoms with Gasteiger partial charge in [-0.1, -0.05) is 47.5 Å². The first-order chi connectivity index (χ1) is 16.3. The number of rotatable bonds is 7. The number of carbonyl (C=O) groups is 1. The summed E-state index contributed by atoms with van der Waals surface area (Å²) in [7, 11) is -3.95. The fraction of sp³-hybridized carbons (Fsp3) is 0.208. The maximum absolute atomic E-state index is 13.4. The number of nitrogens with one attached hydrogen (secondary N) is 1. The molecule has 1 aliphatic rings. The van der Waals surface area contributed by atoms with Crippen molar-refractivity contribution in [2.75, 3.05) is 24.0 Å². The van der Waals surface area contributed by atoms with Gasteiger partial charge in [-0.25, -0.2) is 8.42 Å². The highest BCUT2D eigenvalue weighted by molar-refractivity contribution is 7.92. The molecule has 178 valence electrons. The van der Waals surface area contributed by atoms with Crippen LogP contribution in [0.4, 0.5) is 5.69 Å². The number of hydrogen-bond donors (Lipinski definition) is 1. The number of hydrogen-bond acceptors (Lipinski definition) is 5. The third-order valence-electron chi connectivity index (χ3n) is 5.23. The number of nitrogens with zero attached hydrogens (tertiary/aromatic N) is 1. The minimum absolute atomic E-state index is 0.104. The van der Waals surface area contributed by atoms with Crippen LogP contribution in [0.5, 0.6) is 11.5 Å². The zero-order valence-electron chi connectivity index (χ0n) is 18.2. The fourth-order valence-electron chi connectivity index (χ4n) is 3.43. The molecular formula is C24H22Cl2N2O5S. The van der Waals surface area contributed by atoms with Crippen LogP contribution in [0.15, 0.2) is 71.6 Å². The molecule has 0 fully saturated rings. The van der Waals surface area contributed by atoms with Gasteiger partial charge in [0.05, 0.1) is 23.7 Å². The molecule has 0 saturated carbocycles. The van der Waals surface area contributed by atoms with Crippen molar-refractivity contribution in [3.63, 3.8) is 0 Å². The summed E-state index contributed by atoms with van der Waals surface area (Å²) < 4.78 is 39.3. The Balaban J connectivity index is 1.47. The quantitative estimate of drug-likeness (QED) is 0.465. The molecule has 1 heterocycles. The zero-order valence-corrected chi connectivity index (χ0v) is 20.5. The molecule has 1 aliphatic heterocycles. The average Bonchev–Trinajstić information content (AvgIpc) is 2.83. The third kappa shape index (κ3) is 5.24. The Morgan fingerprint density at radius 1 is 1.12 bits per heavy atom. The smallest absolute Gasteiger partial charge is 0.264 e. The van der Waals surface area contributed by atoms with Gasteiger partial charge in [0, 0.05) is 10.0 Å². The minimum atomic E-state index is -3.95. The Bertz CT molecular complexity index is 1300. The highest BCUT2D eigenvalue weighted by atomic mass is 35.5. The van der Waals surface area contributed by atoms with Crippen LogP contribution < -0.4 is 19.1 Å². The third-order valence-corrected chi connectivity index (χ3v) is 7.66. The molecule has 0 bridgehead atoms. The summed E-state index contributed by atoms with van der Waals surface area (Å²) in [5, 5.41) is 3.68. The Kier molecular flexibility index (Phi) is 7.21.